The van der Waals surface area contributed by atoms with Gasteiger partial charge in [0.05, 0.1) is 22.7 Å². The van der Waals surface area contributed by atoms with Crippen LogP contribution < -0.4 is 10.2 Å². The Kier molecular flexibility index (Phi) is 5.18. The molecular formula is C22H23N5O4S. The van der Waals surface area contributed by atoms with E-state index in [-0.39, 0.29) is 18.5 Å². The number of benzene rings is 1. The molecule has 0 atom stereocenters. The van der Waals surface area contributed by atoms with E-state index in [1.165, 1.54) is 9.88 Å². The van der Waals surface area contributed by atoms with E-state index in [1.54, 1.807) is 12.1 Å². The van der Waals surface area contributed by atoms with Gasteiger partial charge in [-0.05, 0) is 36.8 Å². The first-order chi connectivity index (χ1) is 15.4. The van der Waals surface area contributed by atoms with Crippen LogP contribution >= 0.6 is 11.3 Å². The number of aryl methyl sites for hydroxylation is 1. The minimum atomic E-state index is -0.755. The number of fused-ring (bicyclic) bond motifs is 1. The zero-order valence-electron chi connectivity index (χ0n) is 17.7. The van der Waals surface area contributed by atoms with Crippen molar-refractivity contribution in [3.8, 4) is 0 Å². The van der Waals surface area contributed by atoms with Gasteiger partial charge in [0, 0.05) is 44.0 Å². The third-order valence-electron chi connectivity index (χ3n) is 6.02. The molecule has 4 heterocycles. The standard InChI is InChI=1S/C22H23N5O4S/c1-14-2-5-19(32-14)25-10-8-24(9-11-25)13-15-3-4-16-17(12-15)21(30)27(20(16)29)26-7-6-18(28)23-22(26)31/h2-5,12H,6-11,13H2,1H3,(H,23,28,31). The van der Waals surface area contributed by atoms with E-state index in [9.17, 15) is 19.2 Å². The summed E-state index contributed by atoms with van der Waals surface area (Å²) in [6.45, 7) is 6.51. The molecule has 9 nitrogen and oxygen atoms in total. The Balaban J connectivity index is 1.26. The molecule has 2 aromatic rings. The normalized spacial score (nSPS) is 19.6. The van der Waals surface area contributed by atoms with E-state index in [1.807, 2.05) is 17.4 Å². The Bertz CT molecular complexity index is 1120. The minimum Gasteiger partial charge on any atom is -0.361 e. The van der Waals surface area contributed by atoms with Crippen molar-refractivity contribution >= 4 is 40.1 Å². The number of carbonyl (C=O) groups is 4. The van der Waals surface area contributed by atoms with Crippen LogP contribution in [-0.4, -0.2) is 71.4 Å². The molecule has 3 aliphatic rings. The van der Waals surface area contributed by atoms with E-state index in [0.29, 0.717) is 12.1 Å². The largest absolute Gasteiger partial charge is 0.361 e. The molecule has 0 saturated carbocycles. The maximum atomic E-state index is 13.0. The Morgan fingerprint density at radius 2 is 1.66 bits per heavy atom. The Labute approximate surface area is 189 Å². The molecule has 1 aromatic carbocycles. The lowest BCUT2D eigenvalue weighted by Gasteiger charge is -2.35. The molecule has 0 unspecified atom stereocenters. The molecule has 166 valence electrons. The van der Waals surface area contributed by atoms with Crippen molar-refractivity contribution in [2.45, 2.75) is 19.9 Å². The lowest BCUT2D eigenvalue weighted by Crippen LogP contribution is -2.58. The molecule has 10 heteroatoms. The first-order valence-corrected chi connectivity index (χ1v) is 11.4. The number of nitrogens with one attached hydrogen (secondary N) is 1. The van der Waals surface area contributed by atoms with Crippen LogP contribution in [0.4, 0.5) is 9.80 Å². The molecule has 32 heavy (non-hydrogen) atoms. The summed E-state index contributed by atoms with van der Waals surface area (Å²) >= 11 is 1.81. The van der Waals surface area contributed by atoms with Crippen molar-refractivity contribution in [3.63, 3.8) is 0 Å². The number of imide groups is 2. The van der Waals surface area contributed by atoms with Gasteiger partial charge in [-0.25, -0.2) is 9.80 Å². The van der Waals surface area contributed by atoms with Gasteiger partial charge in [0.2, 0.25) is 5.91 Å². The fraction of sp³-hybridized carbons (Fsp3) is 0.364. The minimum absolute atomic E-state index is 0.00294. The van der Waals surface area contributed by atoms with Crippen LogP contribution in [0.25, 0.3) is 0 Å². The van der Waals surface area contributed by atoms with Gasteiger partial charge in [0.15, 0.2) is 0 Å². The predicted molar refractivity (Wildman–Crippen MR) is 118 cm³/mol. The fourth-order valence-corrected chi connectivity index (χ4v) is 5.23. The molecule has 1 aromatic heterocycles. The van der Waals surface area contributed by atoms with E-state index in [4.69, 9.17) is 0 Å². The summed E-state index contributed by atoms with van der Waals surface area (Å²) in [6.07, 6.45) is 0.0431. The molecule has 2 saturated heterocycles. The Morgan fingerprint density at radius 3 is 2.34 bits per heavy atom. The molecule has 0 spiro atoms. The van der Waals surface area contributed by atoms with Gasteiger partial charge >= 0.3 is 6.03 Å². The summed E-state index contributed by atoms with van der Waals surface area (Å²) in [4.78, 5) is 55.3. The van der Waals surface area contributed by atoms with Gasteiger partial charge in [-0.1, -0.05) is 6.07 Å². The predicted octanol–water partition coefficient (Wildman–Crippen LogP) is 1.83. The van der Waals surface area contributed by atoms with E-state index >= 15 is 0 Å². The van der Waals surface area contributed by atoms with Crippen LogP contribution in [0, 0.1) is 6.92 Å². The third kappa shape index (κ3) is 3.65. The lowest BCUT2D eigenvalue weighted by molar-refractivity contribution is -0.122. The number of thiophene rings is 1. The average Bonchev–Trinajstić information content (AvgIpc) is 3.31. The molecule has 2 fully saturated rings. The number of amides is 5. The maximum Gasteiger partial charge on any atom is 0.343 e. The van der Waals surface area contributed by atoms with Gasteiger partial charge in [-0.15, -0.1) is 11.3 Å². The van der Waals surface area contributed by atoms with Crippen LogP contribution in [0.1, 0.15) is 37.6 Å². The number of rotatable bonds is 4. The molecule has 5 amide bonds. The van der Waals surface area contributed by atoms with Crippen molar-refractivity contribution in [1.29, 1.82) is 0 Å². The topological polar surface area (TPSA) is 93.3 Å². The highest BCUT2D eigenvalue weighted by Gasteiger charge is 2.43. The summed E-state index contributed by atoms with van der Waals surface area (Å²) in [5.74, 6) is -1.49. The van der Waals surface area contributed by atoms with Gasteiger partial charge < -0.3 is 4.90 Å². The number of carbonyl (C=O) groups excluding carboxylic acids is 4. The highest BCUT2D eigenvalue weighted by Crippen LogP contribution is 2.28. The number of hydrazine groups is 1. The van der Waals surface area contributed by atoms with Crippen molar-refractivity contribution < 1.29 is 19.2 Å². The lowest BCUT2D eigenvalue weighted by atomic mass is 10.1. The zero-order valence-corrected chi connectivity index (χ0v) is 18.5. The summed E-state index contributed by atoms with van der Waals surface area (Å²) in [6, 6.07) is 8.82. The van der Waals surface area contributed by atoms with Crippen LogP contribution in [0.15, 0.2) is 30.3 Å². The van der Waals surface area contributed by atoms with E-state index in [0.717, 1.165) is 41.8 Å². The smallest absolute Gasteiger partial charge is 0.343 e. The van der Waals surface area contributed by atoms with Crippen molar-refractivity contribution in [3.05, 3.63) is 51.9 Å². The number of urea groups is 1. The maximum absolute atomic E-state index is 13.0. The molecule has 5 rings (SSSR count). The Hall–Kier alpha value is -3.24. The number of piperazine rings is 1. The summed E-state index contributed by atoms with van der Waals surface area (Å²) < 4.78 is 0. The number of anilines is 1. The quantitative estimate of drug-likeness (QED) is 0.710. The summed E-state index contributed by atoms with van der Waals surface area (Å²) in [5.41, 5.74) is 1.52. The molecule has 3 aliphatic heterocycles. The SMILES string of the molecule is Cc1ccc(N2CCN(Cc3ccc4c(c3)C(=O)N(N3CCC(=O)NC3=O)C4=O)CC2)s1. The molecule has 0 aliphatic carbocycles. The second-order valence-electron chi connectivity index (χ2n) is 8.18. The fourth-order valence-electron chi connectivity index (χ4n) is 4.32. The van der Waals surface area contributed by atoms with Gasteiger partial charge in [0.1, 0.15) is 0 Å². The Morgan fingerprint density at radius 1 is 0.906 bits per heavy atom. The van der Waals surface area contributed by atoms with Crippen molar-refractivity contribution in [2.24, 2.45) is 0 Å². The van der Waals surface area contributed by atoms with Crippen LogP contribution in [0.3, 0.4) is 0 Å². The van der Waals surface area contributed by atoms with E-state index < -0.39 is 23.8 Å². The monoisotopic (exact) mass is 453 g/mol. The summed E-state index contributed by atoms with van der Waals surface area (Å²) in [7, 11) is 0. The first kappa shape index (κ1) is 20.7. The van der Waals surface area contributed by atoms with Crippen molar-refractivity contribution in [1.82, 2.24) is 20.2 Å². The number of hydrogen-bond donors (Lipinski definition) is 1. The van der Waals surface area contributed by atoms with E-state index in [2.05, 4.69) is 34.2 Å². The highest BCUT2D eigenvalue weighted by molar-refractivity contribution is 7.16. The van der Waals surface area contributed by atoms with Crippen molar-refractivity contribution in [2.75, 3.05) is 37.6 Å². The highest BCUT2D eigenvalue weighted by atomic mass is 32.1. The van der Waals surface area contributed by atoms with Gasteiger partial charge in [-0.2, -0.15) is 5.01 Å². The van der Waals surface area contributed by atoms with Gasteiger partial charge in [-0.3, -0.25) is 24.6 Å². The van der Waals surface area contributed by atoms with Gasteiger partial charge in [0.25, 0.3) is 11.8 Å². The molecular weight excluding hydrogens is 430 g/mol. The second kappa shape index (κ2) is 8.03. The number of nitrogens with zero attached hydrogens (tertiary/aromatic N) is 4. The van der Waals surface area contributed by atoms with Crippen LogP contribution in [0.5, 0.6) is 0 Å². The second-order valence-corrected chi connectivity index (χ2v) is 9.44. The molecule has 1 N–H and O–H groups in total. The summed E-state index contributed by atoms with van der Waals surface area (Å²) in [5, 5.41) is 5.30. The van der Waals surface area contributed by atoms with Crippen LogP contribution in [-0.2, 0) is 11.3 Å². The average molecular weight is 454 g/mol. The first-order valence-electron chi connectivity index (χ1n) is 10.6. The molecule has 0 bridgehead atoms. The van der Waals surface area contributed by atoms with Crippen LogP contribution in [0.2, 0.25) is 0 Å². The zero-order chi connectivity index (χ0) is 22.4. The molecule has 0 radical (unpaired) electrons. The number of hydrogen-bond acceptors (Lipinski definition) is 7. The third-order valence-corrected chi connectivity index (χ3v) is 7.08.